The molecule has 0 amide bonds. The molecule has 0 aromatic carbocycles. The molecule has 0 radical (unpaired) electrons. The molecule has 2 N–H and O–H groups in total. The van der Waals surface area contributed by atoms with E-state index in [1.165, 1.54) is 6.26 Å². The summed E-state index contributed by atoms with van der Waals surface area (Å²) in [5, 5.41) is 15.6. The lowest BCUT2D eigenvalue weighted by Gasteiger charge is -1.90. The zero-order valence-electron chi connectivity index (χ0n) is 7.97. The molecule has 0 aliphatic rings. The van der Waals surface area contributed by atoms with Crippen molar-refractivity contribution in [3.8, 4) is 0 Å². The molecular formula is C9H14O5. The number of carboxylic acid groups (broad SMARTS) is 2. The Morgan fingerprint density at radius 2 is 1.71 bits per heavy atom. The van der Waals surface area contributed by atoms with Gasteiger partial charge in [0.1, 0.15) is 0 Å². The first kappa shape index (κ1) is 14.7. The molecule has 0 bridgehead atoms. The van der Waals surface area contributed by atoms with E-state index in [0.29, 0.717) is 12.2 Å². The minimum atomic E-state index is -1.26. The number of aliphatic carboxylic acids is 2. The van der Waals surface area contributed by atoms with Crippen molar-refractivity contribution < 1.29 is 24.5 Å². The molecule has 0 aromatic heterocycles. The van der Waals surface area contributed by atoms with Gasteiger partial charge in [-0.05, 0) is 6.42 Å². The molecule has 0 rings (SSSR count). The summed E-state index contributed by atoms with van der Waals surface area (Å²) in [4.78, 5) is 19.1. The number of carbonyl (C=O) groups is 2. The number of hydrogen-bond acceptors (Lipinski definition) is 3. The second-order valence-corrected chi connectivity index (χ2v) is 2.05. The van der Waals surface area contributed by atoms with Crippen LogP contribution in [-0.2, 0) is 14.3 Å². The van der Waals surface area contributed by atoms with Gasteiger partial charge in [0.05, 0.1) is 12.9 Å². The fraction of sp³-hybridized carbons (Fsp3) is 0.333. The van der Waals surface area contributed by atoms with E-state index in [-0.39, 0.29) is 0 Å². The van der Waals surface area contributed by atoms with Gasteiger partial charge >= 0.3 is 11.9 Å². The summed E-state index contributed by atoms with van der Waals surface area (Å²) in [7, 11) is 0. The van der Waals surface area contributed by atoms with Gasteiger partial charge in [-0.2, -0.15) is 0 Å². The molecule has 0 fully saturated rings. The lowest BCUT2D eigenvalue weighted by Crippen LogP contribution is -1.91. The van der Waals surface area contributed by atoms with Crippen molar-refractivity contribution in [2.45, 2.75) is 13.3 Å². The molecule has 0 saturated carbocycles. The highest BCUT2D eigenvalue weighted by atomic mass is 16.5. The third-order valence-corrected chi connectivity index (χ3v) is 0.808. The summed E-state index contributed by atoms with van der Waals surface area (Å²) in [5.74, 6) is -2.51. The third kappa shape index (κ3) is 22.5. The summed E-state index contributed by atoms with van der Waals surface area (Å²) < 4.78 is 4.75. The largest absolute Gasteiger partial charge is 0.502 e. The first-order chi connectivity index (χ1) is 6.54. The first-order valence-corrected chi connectivity index (χ1v) is 3.91. The Morgan fingerprint density at radius 1 is 1.29 bits per heavy atom. The second kappa shape index (κ2) is 11.2. The molecule has 0 aliphatic carbocycles. The summed E-state index contributed by atoms with van der Waals surface area (Å²) in [6.07, 6.45) is 3.64. The van der Waals surface area contributed by atoms with Crippen LogP contribution in [0, 0.1) is 0 Å². The fourth-order valence-corrected chi connectivity index (χ4v) is 0.344. The highest BCUT2D eigenvalue weighted by Crippen LogP contribution is 1.76. The van der Waals surface area contributed by atoms with E-state index in [2.05, 4.69) is 13.5 Å². The Morgan fingerprint density at radius 3 is 1.86 bits per heavy atom. The van der Waals surface area contributed by atoms with Crippen molar-refractivity contribution in [3.63, 3.8) is 0 Å². The fourth-order valence-electron chi connectivity index (χ4n) is 0.344. The van der Waals surface area contributed by atoms with E-state index in [1.54, 1.807) is 0 Å². The molecule has 0 saturated heterocycles. The average Bonchev–Trinajstić information content (AvgIpc) is 2.12. The summed E-state index contributed by atoms with van der Waals surface area (Å²) in [5.41, 5.74) is 0. The number of ether oxygens (including phenoxy) is 1. The average molecular weight is 202 g/mol. The van der Waals surface area contributed by atoms with Gasteiger partial charge in [0, 0.05) is 12.2 Å². The smallest absolute Gasteiger partial charge is 0.328 e. The Labute approximate surface area is 82.3 Å². The van der Waals surface area contributed by atoms with Crippen LogP contribution >= 0.6 is 0 Å². The normalized spacial score (nSPS) is 8.64. The molecule has 0 aromatic rings. The molecule has 80 valence electrons. The van der Waals surface area contributed by atoms with Crippen molar-refractivity contribution in [1.82, 2.24) is 0 Å². The molecular weight excluding hydrogens is 188 g/mol. The predicted molar refractivity (Wildman–Crippen MR) is 50.9 cm³/mol. The van der Waals surface area contributed by atoms with Gasteiger partial charge in [0.25, 0.3) is 0 Å². The summed E-state index contributed by atoms with van der Waals surface area (Å²) >= 11 is 0. The zero-order valence-corrected chi connectivity index (χ0v) is 7.97. The molecule has 5 heteroatoms. The van der Waals surface area contributed by atoms with E-state index in [1.807, 2.05) is 0 Å². The maximum atomic E-state index is 9.55. The second-order valence-electron chi connectivity index (χ2n) is 2.05. The van der Waals surface area contributed by atoms with Crippen LogP contribution in [0.3, 0.4) is 0 Å². The van der Waals surface area contributed by atoms with Crippen molar-refractivity contribution >= 4 is 11.9 Å². The molecule has 14 heavy (non-hydrogen) atoms. The highest BCUT2D eigenvalue weighted by Gasteiger charge is 1.88. The monoisotopic (exact) mass is 202 g/mol. The molecule has 0 unspecified atom stereocenters. The van der Waals surface area contributed by atoms with Crippen LogP contribution in [0.15, 0.2) is 25.0 Å². The van der Waals surface area contributed by atoms with E-state index >= 15 is 0 Å². The number of rotatable bonds is 5. The van der Waals surface area contributed by atoms with E-state index < -0.39 is 11.9 Å². The number of carboxylic acids is 2. The zero-order chi connectivity index (χ0) is 11.4. The van der Waals surface area contributed by atoms with Gasteiger partial charge in [0.2, 0.25) is 0 Å². The first-order valence-electron chi connectivity index (χ1n) is 3.91. The van der Waals surface area contributed by atoms with Crippen molar-refractivity contribution in [2.24, 2.45) is 0 Å². The van der Waals surface area contributed by atoms with E-state index in [9.17, 15) is 9.59 Å². The highest BCUT2D eigenvalue weighted by molar-refractivity contribution is 5.89. The molecule has 0 atom stereocenters. The Balaban J connectivity index is 0. The van der Waals surface area contributed by atoms with Gasteiger partial charge in [-0.15, -0.1) is 0 Å². The van der Waals surface area contributed by atoms with Crippen LogP contribution in [0.4, 0.5) is 0 Å². The topological polar surface area (TPSA) is 83.8 Å². The summed E-state index contributed by atoms with van der Waals surface area (Å²) in [6.45, 7) is 6.23. The Bertz CT molecular complexity index is 191. The third-order valence-electron chi connectivity index (χ3n) is 0.808. The van der Waals surface area contributed by atoms with Gasteiger partial charge in [0.15, 0.2) is 0 Å². The van der Waals surface area contributed by atoms with Crippen molar-refractivity contribution in [1.29, 1.82) is 0 Å². The lowest BCUT2D eigenvalue weighted by molar-refractivity contribution is -0.134. The van der Waals surface area contributed by atoms with Gasteiger partial charge in [-0.25, -0.2) is 9.59 Å². The molecule has 5 nitrogen and oxygen atoms in total. The Hall–Kier alpha value is -1.78. The quantitative estimate of drug-likeness (QED) is 0.398. The molecule has 0 spiro atoms. The number of hydrogen-bond donors (Lipinski definition) is 2. The lowest BCUT2D eigenvalue weighted by atomic mass is 10.5. The van der Waals surface area contributed by atoms with Crippen molar-refractivity contribution in [3.05, 3.63) is 25.0 Å². The minimum Gasteiger partial charge on any atom is -0.502 e. The van der Waals surface area contributed by atoms with Crippen molar-refractivity contribution in [2.75, 3.05) is 6.61 Å². The predicted octanol–water partition coefficient (Wildman–Crippen LogP) is 1.27. The van der Waals surface area contributed by atoms with Crippen LogP contribution in [-0.4, -0.2) is 28.8 Å². The minimum absolute atomic E-state index is 0.558. The Kier molecular flexibility index (Phi) is 11.8. The SMILES string of the molecule is C=COCCC.O=C(O)/C=C\C(=O)O. The van der Waals surface area contributed by atoms with Crippen LogP contribution in [0.5, 0.6) is 0 Å². The van der Waals surface area contributed by atoms with Gasteiger partial charge in [-0.3, -0.25) is 0 Å². The molecule has 0 heterocycles. The summed E-state index contributed by atoms with van der Waals surface area (Å²) in [6, 6.07) is 0. The van der Waals surface area contributed by atoms with E-state index in [0.717, 1.165) is 13.0 Å². The standard InChI is InChI=1S/C5H10O.C4H4O4/c1-3-5-6-4-2;5-3(6)1-2-4(7)8/h4H,2-3,5H2,1H3;1-2H,(H,5,6)(H,7,8)/b;2-1-. The van der Waals surface area contributed by atoms with Crippen LogP contribution < -0.4 is 0 Å². The van der Waals surface area contributed by atoms with Crippen LogP contribution in [0.2, 0.25) is 0 Å². The van der Waals surface area contributed by atoms with Crippen LogP contribution in [0.25, 0.3) is 0 Å². The maximum absolute atomic E-state index is 9.55. The van der Waals surface area contributed by atoms with E-state index in [4.69, 9.17) is 14.9 Å². The molecule has 0 aliphatic heterocycles. The van der Waals surface area contributed by atoms with Gasteiger partial charge < -0.3 is 14.9 Å². The maximum Gasteiger partial charge on any atom is 0.328 e. The van der Waals surface area contributed by atoms with Gasteiger partial charge in [-0.1, -0.05) is 13.5 Å². The van der Waals surface area contributed by atoms with Crippen LogP contribution in [0.1, 0.15) is 13.3 Å².